The molecule has 2 aromatic carbocycles. The Morgan fingerprint density at radius 2 is 1.76 bits per heavy atom. The summed E-state index contributed by atoms with van der Waals surface area (Å²) in [5, 5.41) is 1.21. The predicted molar refractivity (Wildman–Crippen MR) is 148 cm³/mol. The van der Waals surface area contributed by atoms with Crippen LogP contribution in [0.5, 0.6) is 5.75 Å². The Kier molecular flexibility index (Phi) is 9.95. The number of hydrogen-bond acceptors (Lipinski definition) is 6. The number of amides is 2. The number of halogens is 2. The molecule has 0 atom stereocenters. The zero-order chi connectivity index (χ0) is 26.2. The Morgan fingerprint density at radius 3 is 2.54 bits per heavy atom. The number of unbranched alkanes of at least 4 members (excludes halogenated alkanes) is 2. The van der Waals surface area contributed by atoms with E-state index in [1.165, 1.54) is 0 Å². The number of hydrogen-bond donors (Lipinski definition) is 0. The molecule has 9 heteroatoms. The lowest BCUT2D eigenvalue weighted by molar-refractivity contribution is -0.118. The van der Waals surface area contributed by atoms with E-state index in [1.807, 2.05) is 37.3 Å². The number of carbonyl (C=O) groups excluding carboxylic acids is 2. The van der Waals surface area contributed by atoms with Crippen LogP contribution >= 0.6 is 23.2 Å². The van der Waals surface area contributed by atoms with Crippen LogP contribution < -0.4 is 14.5 Å². The van der Waals surface area contributed by atoms with Gasteiger partial charge < -0.3 is 14.4 Å². The number of anilines is 2. The second kappa shape index (κ2) is 13.4. The molecule has 200 valence electrons. The van der Waals surface area contributed by atoms with E-state index < -0.39 is 6.09 Å². The molecule has 2 aliphatic heterocycles. The van der Waals surface area contributed by atoms with Gasteiger partial charge in [-0.1, -0.05) is 48.7 Å². The molecule has 2 amide bonds. The fourth-order valence-corrected chi connectivity index (χ4v) is 5.10. The maximum atomic E-state index is 12.6. The number of carbonyl (C=O) groups is 2. The minimum Gasteiger partial charge on any atom is -0.494 e. The average molecular weight is 549 g/mol. The quantitative estimate of drug-likeness (QED) is 0.330. The van der Waals surface area contributed by atoms with Crippen molar-refractivity contribution in [2.24, 2.45) is 0 Å². The molecule has 0 bridgehead atoms. The molecule has 2 aliphatic rings. The Bertz CT molecular complexity index is 1090. The van der Waals surface area contributed by atoms with Crippen LogP contribution in [0.25, 0.3) is 0 Å². The summed E-state index contributed by atoms with van der Waals surface area (Å²) in [5.41, 5.74) is 2.53. The first-order valence-electron chi connectivity index (χ1n) is 13.1. The van der Waals surface area contributed by atoms with Gasteiger partial charge in [0.15, 0.2) is 0 Å². The first kappa shape index (κ1) is 27.6. The third-order valence-corrected chi connectivity index (χ3v) is 7.65. The minimum absolute atomic E-state index is 0.233. The summed E-state index contributed by atoms with van der Waals surface area (Å²) in [5.74, 6) is 0.427. The minimum atomic E-state index is -0.603. The number of rotatable bonds is 10. The SMILES string of the molecule is CCCCOC(=O)N1C(=O)CCc2ccc(OCCCCN3CCN(c4cccc(Cl)c4Cl)CC3)cc21. The van der Waals surface area contributed by atoms with E-state index in [-0.39, 0.29) is 5.91 Å². The van der Waals surface area contributed by atoms with Gasteiger partial charge in [-0.25, -0.2) is 9.69 Å². The average Bonchev–Trinajstić information content (AvgIpc) is 2.90. The predicted octanol–water partition coefficient (Wildman–Crippen LogP) is 6.19. The summed E-state index contributed by atoms with van der Waals surface area (Å²) in [6.07, 6.45) is 3.95. The van der Waals surface area contributed by atoms with Crippen molar-refractivity contribution in [2.45, 2.75) is 45.4 Å². The van der Waals surface area contributed by atoms with Gasteiger partial charge in [0, 0.05) is 38.7 Å². The molecule has 2 heterocycles. The zero-order valence-electron chi connectivity index (χ0n) is 21.4. The summed E-state index contributed by atoms with van der Waals surface area (Å²) in [6.45, 7) is 7.72. The first-order chi connectivity index (χ1) is 18.0. The van der Waals surface area contributed by atoms with Crippen molar-refractivity contribution in [3.63, 3.8) is 0 Å². The van der Waals surface area contributed by atoms with E-state index in [9.17, 15) is 9.59 Å². The normalized spacial score (nSPS) is 16.0. The van der Waals surface area contributed by atoms with E-state index in [0.29, 0.717) is 47.5 Å². The van der Waals surface area contributed by atoms with Crippen molar-refractivity contribution in [3.8, 4) is 5.75 Å². The maximum absolute atomic E-state index is 12.6. The van der Waals surface area contributed by atoms with E-state index in [1.54, 1.807) is 6.07 Å². The molecule has 0 aliphatic carbocycles. The molecular formula is C28H35Cl2N3O4. The summed E-state index contributed by atoms with van der Waals surface area (Å²) >= 11 is 12.6. The van der Waals surface area contributed by atoms with E-state index in [0.717, 1.165) is 74.6 Å². The number of nitrogens with zero attached hydrogens (tertiary/aromatic N) is 3. The standard InChI is InChI=1S/C28H35Cl2N3O4/c1-2-3-18-37-28(35)33-25-20-22(11-9-21(25)10-12-26(33)34)36-19-5-4-13-31-14-16-32(17-15-31)24-8-6-7-23(29)27(24)30/h6-9,11,20H,2-5,10,12-19H2,1H3. The second-order valence-electron chi connectivity index (χ2n) is 9.44. The van der Waals surface area contributed by atoms with Crippen molar-refractivity contribution in [3.05, 3.63) is 52.0 Å². The lowest BCUT2D eigenvalue weighted by Gasteiger charge is -2.36. The van der Waals surface area contributed by atoms with Crippen LogP contribution in [0, 0.1) is 0 Å². The molecule has 0 unspecified atom stereocenters. The third-order valence-electron chi connectivity index (χ3n) is 6.84. The number of piperazine rings is 1. The van der Waals surface area contributed by atoms with Crippen molar-refractivity contribution in [1.29, 1.82) is 0 Å². The van der Waals surface area contributed by atoms with E-state index >= 15 is 0 Å². The first-order valence-corrected chi connectivity index (χ1v) is 13.9. The summed E-state index contributed by atoms with van der Waals surface area (Å²) < 4.78 is 11.3. The smallest absolute Gasteiger partial charge is 0.421 e. The highest BCUT2D eigenvalue weighted by Gasteiger charge is 2.31. The largest absolute Gasteiger partial charge is 0.494 e. The van der Waals surface area contributed by atoms with Gasteiger partial charge in [0.2, 0.25) is 5.91 Å². The molecule has 0 radical (unpaired) electrons. The van der Waals surface area contributed by atoms with Crippen molar-refractivity contribution < 1.29 is 19.1 Å². The maximum Gasteiger partial charge on any atom is 0.421 e. The second-order valence-corrected chi connectivity index (χ2v) is 10.2. The molecule has 4 rings (SSSR count). The fraction of sp³-hybridized carbons (Fsp3) is 0.500. The van der Waals surface area contributed by atoms with E-state index in [4.69, 9.17) is 32.7 Å². The number of benzene rings is 2. The van der Waals surface area contributed by atoms with Gasteiger partial charge in [-0.2, -0.15) is 0 Å². The van der Waals surface area contributed by atoms with Gasteiger partial charge in [-0.15, -0.1) is 0 Å². The summed E-state index contributed by atoms with van der Waals surface area (Å²) in [7, 11) is 0. The number of imide groups is 1. The molecule has 0 spiro atoms. The lowest BCUT2D eigenvalue weighted by atomic mass is 10.0. The molecule has 0 aromatic heterocycles. The fourth-order valence-electron chi connectivity index (χ4n) is 4.69. The van der Waals surface area contributed by atoms with Gasteiger partial charge in [0.1, 0.15) is 5.75 Å². The van der Waals surface area contributed by atoms with Crippen molar-refractivity contribution in [2.75, 3.05) is 55.7 Å². The van der Waals surface area contributed by atoms with Crippen LogP contribution in [0.3, 0.4) is 0 Å². The highest BCUT2D eigenvalue weighted by atomic mass is 35.5. The van der Waals surface area contributed by atoms with Gasteiger partial charge in [0.25, 0.3) is 0 Å². The van der Waals surface area contributed by atoms with Gasteiger partial charge >= 0.3 is 6.09 Å². The molecule has 2 aromatic rings. The zero-order valence-corrected chi connectivity index (χ0v) is 22.9. The molecule has 1 saturated heterocycles. The molecular weight excluding hydrogens is 513 g/mol. The van der Waals surface area contributed by atoms with Crippen LogP contribution in [-0.4, -0.2) is 62.8 Å². The van der Waals surface area contributed by atoms with Crippen LogP contribution in [0.4, 0.5) is 16.2 Å². The number of ether oxygens (including phenoxy) is 2. The Labute approximate surface area is 229 Å². The molecule has 37 heavy (non-hydrogen) atoms. The topological polar surface area (TPSA) is 62.3 Å². The Hall–Kier alpha value is -2.48. The van der Waals surface area contributed by atoms with Gasteiger partial charge in [0.05, 0.1) is 34.6 Å². The van der Waals surface area contributed by atoms with Crippen LogP contribution in [0.15, 0.2) is 36.4 Å². The Morgan fingerprint density at radius 1 is 0.946 bits per heavy atom. The highest BCUT2D eigenvalue weighted by Crippen LogP contribution is 2.34. The van der Waals surface area contributed by atoms with E-state index in [2.05, 4.69) is 9.80 Å². The molecule has 0 saturated carbocycles. The number of fused-ring (bicyclic) bond motifs is 1. The molecule has 0 N–H and O–H groups in total. The van der Waals surface area contributed by atoms with Crippen LogP contribution in [0.1, 0.15) is 44.6 Å². The lowest BCUT2D eigenvalue weighted by Crippen LogP contribution is -2.46. The Balaban J connectivity index is 1.21. The van der Waals surface area contributed by atoms with Gasteiger partial charge in [-0.05, 0) is 56.0 Å². The summed E-state index contributed by atoms with van der Waals surface area (Å²) in [4.78, 5) is 31.0. The van der Waals surface area contributed by atoms with Crippen LogP contribution in [-0.2, 0) is 16.0 Å². The van der Waals surface area contributed by atoms with Crippen molar-refractivity contribution in [1.82, 2.24) is 4.90 Å². The highest BCUT2D eigenvalue weighted by molar-refractivity contribution is 6.43. The monoisotopic (exact) mass is 547 g/mol. The molecule has 7 nitrogen and oxygen atoms in total. The van der Waals surface area contributed by atoms with Crippen molar-refractivity contribution >= 4 is 46.6 Å². The van der Waals surface area contributed by atoms with Gasteiger partial charge in [-0.3, -0.25) is 9.69 Å². The molecule has 1 fully saturated rings. The van der Waals surface area contributed by atoms with Crippen LogP contribution in [0.2, 0.25) is 10.0 Å². The summed E-state index contributed by atoms with van der Waals surface area (Å²) in [6, 6.07) is 11.4. The third kappa shape index (κ3) is 7.09. The number of aryl methyl sites for hydroxylation is 1.